The summed E-state index contributed by atoms with van der Waals surface area (Å²) < 4.78 is 0. The lowest BCUT2D eigenvalue weighted by Gasteiger charge is -2.39. The molecule has 3 atom stereocenters. The molecule has 0 heterocycles. The fourth-order valence-corrected chi connectivity index (χ4v) is 3.46. The molecule has 1 aromatic carbocycles. The summed E-state index contributed by atoms with van der Waals surface area (Å²) >= 11 is 0. The minimum Gasteiger partial charge on any atom is -0.0625 e. The predicted molar refractivity (Wildman–Crippen MR) is 70.5 cm³/mol. The lowest BCUT2D eigenvalue weighted by Crippen LogP contribution is -2.28. The van der Waals surface area contributed by atoms with Gasteiger partial charge in [-0.2, -0.15) is 0 Å². The third kappa shape index (κ3) is 2.31. The third-order valence-corrected chi connectivity index (χ3v) is 4.31. The van der Waals surface area contributed by atoms with Gasteiger partial charge in [-0.25, -0.2) is 0 Å². The monoisotopic (exact) mass is 216 g/mol. The van der Waals surface area contributed by atoms with E-state index in [0.29, 0.717) is 0 Å². The van der Waals surface area contributed by atoms with E-state index in [4.69, 9.17) is 0 Å². The Kier molecular flexibility index (Phi) is 3.68. The van der Waals surface area contributed by atoms with Crippen molar-refractivity contribution in [3.8, 4) is 0 Å². The number of hydrogen-bond donors (Lipinski definition) is 0. The highest BCUT2D eigenvalue weighted by Crippen LogP contribution is 2.44. The molecular weight excluding hydrogens is 192 g/mol. The molecule has 1 fully saturated rings. The van der Waals surface area contributed by atoms with Gasteiger partial charge in [0, 0.05) is 0 Å². The number of benzene rings is 1. The van der Waals surface area contributed by atoms with Crippen molar-refractivity contribution in [3.63, 3.8) is 0 Å². The van der Waals surface area contributed by atoms with Crippen LogP contribution in [0.2, 0.25) is 0 Å². The first-order valence-corrected chi connectivity index (χ1v) is 6.75. The molecule has 0 saturated heterocycles. The zero-order chi connectivity index (χ0) is 11.5. The highest BCUT2D eigenvalue weighted by atomic mass is 14.4. The van der Waals surface area contributed by atoms with E-state index < -0.39 is 0 Å². The molecule has 0 aromatic heterocycles. The maximum Gasteiger partial charge on any atom is -0.0105 e. The van der Waals surface area contributed by atoms with Crippen LogP contribution in [0.1, 0.15) is 51.5 Å². The van der Waals surface area contributed by atoms with E-state index in [9.17, 15) is 0 Å². The van der Waals surface area contributed by atoms with Crippen molar-refractivity contribution in [1.82, 2.24) is 0 Å². The molecule has 16 heavy (non-hydrogen) atoms. The number of rotatable bonds is 2. The van der Waals surface area contributed by atoms with Crippen molar-refractivity contribution < 1.29 is 0 Å². The van der Waals surface area contributed by atoms with E-state index in [2.05, 4.69) is 51.1 Å². The molecule has 0 bridgehead atoms. The normalized spacial score (nSPS) is 30.6. The molecule has 0 radical (unpaired) electrons. The van der Waals surface area contributed by atoms with Crippen LogP contribution in [0.3, 0.4) is 0 Å². The first-order valence-electron chi connectivity index (χ1n) is 6.75. The fraction of sp³-hybridized carbons (Fsp3) is 0.625. The summed E-state index contributed by atoms with van der Waals surface area (Å²) in [6, 6.07) is 11.1. The van der Waals surface area contributed by atoms with Crippen LogP contribution in [0.15, 0.2) is 30.3 Å². The van der Waals surface area contributed by atoms with E-state index >= 15 is 0 Å². The van der Waals surface area contributed by atoms with Crippen LogP contribution in [-0.4, -0.2) is 0 Å². The van der Waals surface area contributed by atoms with Crippen molar-refractivity contribution in [2.24, 2.45) is 17.8 Å². The maximum absolute atomic E-state index is 2.44. The molecule has 3 unspecified atom stereocenters. The molecule has 1 aliphatic rings. The molecule has 1 aromatic rings. The zero-order valence-electron chi connectivity index (χ0n) is 10.8. The lowest BCUT2D eigenvalue weighted by atomic mass is 9.66. The van der Waals surface area contributed by atoms with E-state index in [0.717, 1.165) is 23.7 Å². The Morgan fingerprint density at radius 1 is 1.06 bits per heavy atom. The Balaban J connectivity index is 2.26. The van der Waals surface area contributed by atoms with Gasteiger partial charge in [-0.05, 0) is 35.7 Å². The summed E-state index contributed by atoms with van der Waals surface area (Å²) in [5, 5.41) is 0. The van der Waals surface area contributed by atoms with Gasteiger partial charge in [-0.3, -0.25) is 0 Å². The molecule has 0 spiro atoms. The molecular formula is C16H24. The largest absolute Gasteiger partial charge is 0.0625 e. The van der Waals surface area contributed by atoms with Gasteiger partial charge in [0.05, 0.1) is 0 Å². The van der Waals surface area contributed by atoms with Gasteiger partial charge < -0.3 is 0 Å². The minimum atomic E-state index is 0.787. The van der Waals surface area contributed by atoms with Crippen LogP contribution in [0.25, 0.3) is 0 Å². The van der Waals surface area contributed by atoms with Crippen LogP contribution in [0.4, 0.5) is 0 Å². The van der Waals surface area contributed by atoms with Crippen molar-refractivity contribution >= 4 is 0 Å². The van der Waals surface area contributed by atoms with Crippen LogP contribution in [-0.2, 0) is 0 Å². The van der Waals surface area contributed by atoms with E-state index in [1.165, 1.54) is 19.3 Å². The van der Waals surface area contributed by atoms with Gasteiger partial charge in [0.2, 0.25) is 0 Å². The number of hydrogen-bond acceptors (Lipinski definition) is 0. The summed E-state index contributed by atoms with van der Waals surface area (Å²) in [4.78, 5) is 0. The summed E-state index contributed by atoms with van der Waals surface area (Å²) in [6.45, 7) is 7.21. The SMILES string of the molecule is CC(C)C1CCCC(C)C1c1ccccc1. The van der Waals surface area contributed by atoms with Crippen LogP contribution in [0, 0.1) is 17.8 Å². The van der Waals surface area contributed by atoms with E-state index in [1.807, 2.05) is 0 Å². The summed E-state index contributed by atoms with van der Waals surface area (Å²) in [7, 11) is 0. The maximum atomic E-state index is 2.44. The second kappa shape index (κ2) is 5.03. The van der Waals surface area contributed by atoms with Gasteiger partial charge in [0.1, 0.15) is 0 Å². The van der Waals surface area contributed by atoms with Crippen LogP contribution < -0.4 is 0 Å². The molecule has 1 aliphatic carbocycles. The first kappa shape index (κ1) is 11.7. The minimum absolute atomic E-state index is 0.787. The van der Waals surface area contributed by atoms with Gasteiger partial charge >= 0.3 is 0 Å². The predicted octanol–water partition coefficient (Wildman–Crippen LogP) is 4.86. The Morgan fingerprint density at radius 3 is 2.38 bits per heavy atom. The second-order valence-electron chi connectivity index (χ2n) is 5.75. The van der Waals surface area contributed by atoms with Crippen molar-refractivity contribution in [1.29, 1.82) is 0 Å². The van der Waals surface area contributed by atoms with E-state index in [-0.39, 0.29) is 0 Å². The smallest absolute Gasteiger partial charge is 0.0105 e. The highest BCUT2D eigenvalue weighted by molar-refractivity contribution is 5.22. The summed E-state index contributed by atoms with van der Waals surface area (Å²) in [5.74, 6) is 3.33. The molecule has 2 rings (SSSR count). The zero-order valence-corrected chi connectivity index (χ0v) is 10.8. The van der Waals surface area contributed by atoms with Crippen molar-refractivity contribution in [2.45, 2.75) is 46.0 Å². The molecule has 88 valence electrons. The summed E-state index contributed by atoms with van der Waals surface area (Å²) in [6.07, 6.45) is 4.25. The molecule has 0 N–H and O–H groups in total. The fourth-order valence-electron chi connectivity index (χ4n) is 3.46. The quantitative estimate of drug-likeness (QED) is 0.662. The Morgan fingerprint density at radius 2 is 1.75 bits per heavy atom. The highest BCUT2D eigenvalue weighted by Gasteiger charge is 2.33. The van der Waals surface area contributed by atoms with Crippen LogP contribution in [0.5, 0.6) is 0 Å². The van der Waals surface area contributed by atoms with Gasteiger partial charge in [-0.15, -0.1) is 0 Å². The molecule has 0 amide bonds. The Labute approximate surface area is 100 Å². The van der Waals surface area contributed by atoms with Gasteiger partial charge in [0.25, 0.3) is 0 Å². The topological polar surface area (TPSA) is 0 Å². The standard InChI is InChI=1S/C16H24/c1-12(2)15-11-7-8-13(3)16(15)14-9-5-4-6-10-14/h4-6,9-10,12-13,15-16H,7-8,11H2,1-3H3. The molecule has 0 nitrogen and oxygen atoms in total. The Bertz CT molecular complexity index is 312. The van der Waals surface area contributed by atoms with Crippen LogP contribution >= 0.6 is 0 Å². The summed E-state index contributed by atoms with van der Waals surface area (Å²) in [5.41, 5.74) is 1.56. The van der Waals surface area contributed by atoms with Gasteiger partial charge in [0.15, 0.2) is 0 Å². The molecule has 1 saturated carbocycles. The average molecular weight is 216 g/mol. The van der Waals surface area contributed by atoms with Gasteiger partial charge in [-0.1, -0.05) is 63.9 Å². The van der Waals surface area contributed by atoms with E-state index in [1.54, 1.807) is 5.56 Å². The average Bonchev–Trinajstić information content (AvgIpc) is 2.29. The lowest BCUT2D eigenvalue weighted by molar-refractivity contribution is 0.183. The first-order chi connectivity index (χ1) is 7.70. The second-order valence-corrected chi connectivity index (χ2v) is 5.75. The van der Waals surface area contributed by atoms with Crippen molar-refractivity contribution in [3.05, 3.63) is 35.9 Å². The molecule has 0 aliphatic heterocycles. The Hall–Kier alpha value is -0.780. The molecule has 0 heteroatoms. The van der Waals surface area contributed by atoms with Crippen molar-refractivity contribution in [2.75, 3.05) is 0 Å². The third-order valence-electron chi connectivity index (χ3n) is 4.31.